The van der Waals surface area contributed by atoms with Crippen molar-refractivity contribution in [2.45, 2.75) is 54.7 Å². The van der Waals surface area contributed by atoms with Crippen molar-refractivity contribution in [3.63, 3.8) is 0 Å². The molecule has 6 aromatic rings. The van der Waals surface area contributed by atoms with Crippen molar-refractivity contribution in [1.82, 2.24) is 0 Å². The van der Waals surface area contributed by atoms with Crippen LogP contribution in [-0.4, -0.2) is 75.5 Å². The van der Waals surface area contributed by atoms with Gasteiger partial charge < -0.3 is 29.7 Å². The van der Waals surface area contributed by atoms with Crippen molar-refractivity contribution in [2.24, 2.45) is 0 Å². The number of carboxylic acid groups (broad SMARTS) is 3. The van der Waals surface area contributed by atoms with Gasteiger partial charge in [-0.1, -0.05) is 54.6 Å². The van der Waals surface area contributed by atoms with Gasteiger partial charge in [-0.3, -0.25) is 12.6 Å². The van der Waals surface area contributed by atoms with Crippen LogP contribution in [0.5, 0.6) is 0 Å². The summed E-state index contributed by atoms with van der Waals surface area (Å²) < 4.78 is 75.4. The maximum absolute atomic E-state index is 13.6. The fourth-order valence-corrected chi connectivity index (χ4v) is 10.7. The van der Waals surface area contributed by atoms with E-state index in [4.69, 9.17) is 0 Å². The third-order valence-corrected chi connectivity index (χ3v) is 15.7. The van der Waals surface area contributed by atoms with Gasteiger partial charge in [-0.15, -0.1) is 0 Å². The minimum absolute atomic E-state index is 0. The number of carboxylic acids is 3. The molecule has 0 spiro atoms. The van der Waals surface area contributed by atoms with Gasteiger partial charge >= 0.3 is 26.2 Å². The summed E-state index contributed by atoms with van der Waals surface area (Å²) in [5.41, 5.74) is 13.6. The number of halogens is 3. The largest absolute Gasteiger partial charge is 3.00 e. The maximum Gasteiger partial charge on any atom is 3.00 e. The number of aliphatic carboxylic acids is 3. The Balaban J connectivity index is 0.000000184. The van der Waals surface area contributed by atoms with Crippen molar-refractivity contribution in [1.29, 1.82) is 0 Å². The van der Waals surface area contributed by atoms with Crippen molar-refractivity contribution in [3.05, 3.63) is 212 Å². The zero-order chi connectivity index (χ0) is 54.4. The SMILES string of the molecule is CC1=C(CC(=O)[O-])c2cc(F)ccc2/C1=C\c1ccc(S(C)=O)cc1.CC1=C(CC(=O)[O-])c2cc(F)ccc2/C1=C\c1ccc(S(C)=O)cc1.CC1=C(CC(=O)[O-])c2cc(F)ccc2/C1=C\c1ccc(S(C)=O)cc1.[Bi+3]. The summed E-state index contributed by atoms with van der Waals surface area (Å²) >= 11 is 0. The second-order valence-electron chi connectivity index (χ2n) is 17.8. The Labute approximate surface area is 465 Å². The van der Waals surface area contributed by atoms with Crippen LogP contribution < -0.4 is 15.3 Å². The summed E-state index contributed by atoms with van der Waals surface area (Å²) in [6.07, 6.45) is 9.87. The summed E-state index contributed by atoms with van der Waals surface area (Å²) in [4.78, 5) is 35.4. The molecule has 2 radical (unpaired) electrons. The minimum atomic E-state index is -1.19. The molecule has 76 heavy (non-hydrogen) atoms. The van der Waals surface area contributed by atoms with E-state index in [9.17, 15) is 55.5 Å². The van der Waals surface area contributed by atoms with E-state index in [1.165, 1.54) is 36.4 Å². The second-order valence-corrected chi connectivity index (χ2v) is 21.9. The Kier molecular flexibility index (Phi) is 19.6. The van der Waals surface area contributed by atoms with Crippen LogP contribution in [0.25, 0.3) is 51.7 Å². The molecular weight excluding hydrogens is 1230 g/mol. The van der Waals surface area contributed by atoms with Gasteiger partial charge in [0.05, 0.1) is 0 Å². The van der Waals surface area contributed by atoms with E-state index >= 15 is 0 Å². The van der Waals surface area contributed by atoms with E-state index < -0.39 is 67.8 Å². The molecule has 3 aliphatic rings. The number of rotatable bonds is 12. The molecule has 6 aromatic carbocycles. The summed E-state index contributed by atoms with van der Waals surface area (Å²) in [6, 6.07) is 35.1. The van der Waals surface area contributed by atoms with Crippen LogP contribution in [0, 0.1) is 17.5 Å². The number of carbonyl (C=O) groups is 3. The van der Waals surface area contributed by atoms with E-state index in [0.29, 0.717) is 33.4 Å². The fraction of sp³-hybridized carbons (Fsp3) is 0.150. The quantitative estimate of drug-likeness (QED) is 0.109. The first kappa shape index (κ1) is 58.6. The van der Waals surface area contributed by atoms with E-state index in [1.54, 1.807) is 73.4 Å². The van der Waals surface area contributed by atoms with Crippen molar-refractivity contribution in [3.8, 4) is 0 Å². The molecule has 0 fully saturated rings. The third-order valence-electron chi connectivity index (χ3n) is 12.9. The maximum atomic E-state index is 13.6. The summed E-state index contributed by atoms with van der Waals surface area (Å²) in [7, 11) is -3.13. The molecule has 0 N–H and O–H groups in total. The first-order valence-corrected chi connectivity index (χ1v) is 27.8. The van der Waals surface area contributed by atoms with Gasteiger partial charge in [0.25, 0.3) is 0 Å². The standard InChI is InChI=1S/3C20H17FO3S.Bi/c3*1-12-17(9-13-3-6-15(7-4-13)25(2)24)16-8-5-14(21)10-19(16)18(12)11-20(22)23;/h3*3-10H,11H2,1-2H3,(H,22,23);/q;;;+3/p-3/b3*17-9-;. The van der Waals surface area contributed by atoms with Crippen LogP contribution in [0.3, 0.4) is 0 Å². The molecule has 0 aliphatic heterocycles. The number of hydrogen-bond acceptors (Lipinski definition) is 9. The molecule has 0 saturated carbocycles. The average Bonchev–Trinajstić information content (AvgIpc) is 3.86. The van der Waals surface area contributed by atoms with Gasteiger partial charge in [0.1, 0.15) is 17.5 Å². The molecule has 9 rings (SSSR count). The van der Waals surface area contributed by atoms with Gasteiger partial charge in [0.15, 0.2) is 0 Å². The van der Waals surface area contributed by atoms with Crippen LogP contribution in [-0.2, 0) is 46.8 Å². The van der Waals surface area contributed by atoms with E-state index in [-0.39, 0.29) is 45.5 Å². The normalized spacial score (nSPS) is 16.0. The molecule has 0 saturated heterocycles. The molecule has 0 bridgehead atoms. The summed E-state index contributed by atoms with van der Waals surface area (Å²) in [6.45, 7) is 5.49. The first-order chi connectivity index (χ1) is 35.6. The zero-order valence-corrected chi connectivity index (χ0v) is 47.9. The number of fused-ring (bicyclic) bond motifs is 3. The topological polar surface area (TPSA) is 172 Å². The number of allylic oxidation sites excluding steroid dienone is 6. The van der Waals surface area contributed by atoms with Crippen molar-refractivity contribution >= 4 is 128 Å². The van der Waals surface area contributed by atoms with Gasteiger partial charge in [-0.05, 0) is 212 Å². The minimum Gasteiger partial charge on any atom is -0.550 e. The monoisotopic (exact) mass is 1270 g/mol. The number of hydrogen-bond donors (Lipinski definition) is 0. The molecule has 16 heteroatoms. The van der Waals surface area contributed by atoms with E-state index in [2.05, 4.69) is 0 Å². The Morgan fingerprint density at radius 3 is 0.816 bits per heavy atom. The predicted molar refractivity (Wildman–Crippen MR) is 292 cm³/mol. The van der Waals surface area contributed by atoms with E-state index in [1.807, 2.05) is 75.4 Å². The fourth-order valence-electron chi connectivity index (χ4n) is 9.14. The number of carbonyl (C=O) groups excluding carboxylic acids is 3. The number of benzene rings is 6. The van der Waals surface area contributed by atoms with Gasteiger partial charge in [0.2, 0.25) is 0 Å². The molecule has 0 amide bonds. The summed E-state index contributed by atoms with van der Waals surface area (Å²) in [5, 5.41) is 33.2. The third kappa shape index (κ3) is 13.8. The molecule has 386 valence electrons. The molecule has 3 atom stereocenters. The van der Waals surface area contributed by atoms with Crippen LogP contribution in [0.15, 0.2) is 159 Å². The van der Waals surface area contributed by atoms with Gasteiger partial charge in [-0.2, -0.15) is 0 Å². The Bertz CT molecular complexity index is 3200. The molecule has 0 aromatic heterocycles. The van der Waals surface area contributed by atoms with Crippen LogP contribution >= 0.6 is 0 Å². The Hall–Kier alpha value is -6.71. The Morgan fingerprint density at radius 1 is 0.395 bits per heavy atom. The van der Waals surface area contributed by atoms with Gasteiger partial charge in [-0.25, -0.2) is 13.2 Å². The average molecular weight is 1280 g/mol. The molecular formula is C60H48BiF3O9S3. The van der Waals surface area contributed by atoms with Crippen molar-refractivity contribution < 1.29 is 55.5 Å². The molecule has 3 unspecified atom stereocenters. The van der Waals surface area contributed by atoms with Crippen LogP contribution in [0.1, 0.15) is 90.1 Å². The molecule has 9 nitrogen and oxygen atoms in total. The zero-order valence-electron chi connectivity index (χ0n) is 42.0. The smallest absolute Gasteiger partial charge is 0.550 e. The first-order valence-electron chi connectivity index (χ1n) is 23.2. The van der Waals surface area contributed by atoms with Gasteiger partial charge in [0, 0.05) is 103 Å². The second kappa shape index (κ2) is 25.4. The van der Waals surface area contributed by atoms with E-state index in [0.717, 1.165) is 81.5 Å². The van der Waals surface area contributed by atoms with Crippen LogP contribution in [0.4, 0.5) is 13.2 Å². The predicted octanol–water partition coefficient (Wildman–Crippen LogP) is 8.71. The van der Waals surface area contributed by atoms with Crippen molar-refractivity contribution in [2.75, 3.05) is 18.8 Å². The molecule has 3 aliphatic carbocycles. The van der Waals surface area contributed by atoms with Crippen LogP contribution in [0.2, 0.25) is 0 Å². The summed E-state index contributed by atoms with van der Waals surface area (Å²) in [5.74, 6) is -4.79. The molecule has 0 heterocycles. The Morgan fingerprint density at radius 2 is 0.618 bits per heavy atom.